The monoisotopic (exact) mass is 222 g/mol. The van der Waals surface area contributed by atoms with Crippen molar-refractivity contribution in [3.05, 3.63) is 0 Å². The number of rotatable bonds is 2. The predicted octanol–water partition coefficient (Wildman–Crippen LogP) is 0.924. The molecule has 0 aromatic rings. The molecule has 0 nitrogen and oxygen atoms in total. The number of thiol groups is 1. The lowest BCUT2D eigenvalue weighted by molar-refractivity contribution is 1.54. The van der Waals surface area contributed by atoms with Crippen LogP contribution in [0.1, 0.15) is 6.92 Å². The van der Waals surface area contributed by atoms with Crippen LogP contribution >= 0.6 is 11.7 Å². The van der Waals surface area contributed by atoms with Gasteiger partial charge in [0.05, 0.1) is 0 Å². The first-order valence-corrected chi connectivity index (χ1v) is 9.22. The van der Waals surface area contributed by atoms with Crippen molar-refractivity contribution in [1.82, 2.24) is 0 Å². The van der Waals surface area contributed by atoms with Crippen molar-refractivity contribution in [3.8, 4) is 0 Å². The third-order valence-electron chi connectivity index (χ3n) is 0.571. The molecule has 0 aromatic heterocycles. The molecule has 50 valence electrons. The average Bonchev–Trinajstić information content (AvgIpc) is 1.67. The van der Waals surface area contributed by atoms with Gasteiger partial charge >= 0.3 is 0 Å². The van der Waals surface area contributed by atoms with Crippen LogP contribution in [-0.2, 0) is 47.3 Å². The van der Waals surface area contributed by atoms with Crippen LogP contribution in [0.25, 0.3) is 0 Å². The summed E-state index contributed by atoms with van der Waals surface area (Å²) in [6.45, 7) is 1.97. The molecule has 6 heteroatoms. The number of hydrogen-bond acceptors (Lipinski definition) is 3. The quantitative estimate of drug-likeness (QED) is 0.546. The van der Waals surface area contributed by atoms with Gasteiger partial charge in [0.1, 0.15) is 0 Å². The molecule has 0 rings (SSSR count). The summed E-state index contributed by atoms with van der Waals surface area (Å²) in [6, 6.07) is 0. The lowest BCUT2D eigenvalue weighted by Crippen LogP contribution is -1.99. The molecule has 0 amide bonds. The van der Waals surface area contributed by atoms with Gasteiger partial charge in [-0.25, -0.2) is 0 Å². The first kappa shape index (κ1) is 9.71. The van der Waals surface area contributed by atoms with Crippen molar-refractivity contribution in [2.45, 2.75) is 6.92 Å². The van der Waals surface area contributed by atoms with E-state index in [0.29, 0.717) is 0 Å². The van der Waals surface area contributed by atoms with E-state index in [1.165, 1.54) is 0 Å². The smallest absolute Gasteiger partial charge is 0.00939 e. The van der Waals surface area contributed by atoms with Gasteiger partial charge in [0.25, 0.3) is 0 Å². The Kier molecular flexibility index (Phi) is 4.58. The van der Waals surface area contributed by atoms with Gasteiger partial charge < -0.3 is 0 Å². The lowest BCUT2D eigenvalue weighted by Gasteiger charge is -2.01. The Balaban J connectivity index is 4.42. The van der Waals surface area contributed by atoms with Crippen LogP contribution in [-0.4, -0.2) is 5.75 Å². The van der Waals surface area contributed by atoms with E-state index in [-0.39, 0.29) is 0 Å². The summed E-state index contributed by atoms with van der Waals surface area (Å²) >= 11 is 18.9. The first-order chi connectivity index (χ1) is 3.50. The Hall–Kier alpha value is 1.71. The van der Waals surface area contributed by atoms with E-state index < -0.39 is 13.7 Å². The lowest BCUT2D eigenvalue weighted by atomic mass is 11.0. The van der Waals surface area contributed by atoms with Crippen LogP contribution in [0.3, 0.4) is 0 Å². The second-order valence-electron chi connectivity index (χ2n) is 1.06. The van der Waals surface area contributed by atoms with Gasteiger partial charge in [-0.1, -0.05) is 18.6 Å². The van der Waals surface area contributed by atoms with E-state index >= 15 is 0 Å². The van der Waals surface area contributed by atoms with E-state index in [2.05, 4.69) is 11.7 Å². The Morgan fingerprint density at radius 2 is 2.00 bits per heavy atom. The molecular weight excluding hydrogens is 216 g/mol. The van der Waals surface area contributed by atoms with Gasteiger partial charge in [-0.05, 0) is 39.7 Å². The molecule has 0 aliphatic carbocycles. The predicted molar refractivity (Wildman–Crippen MR) is 56.4 cm³/mol. The highest BCUT2D eigenvalue weighted by molar-refractivity contribution is 9.18. The maximum Gasteiger partial charge on any atom is 0.00939 e. The maximum atomic E-state index is 5.00. The molecule has 0 aliphatic heterocycles. The van der Waals surface area contributed by atoms with Crippen molar-refractivity contribution in [1.29, 1.82) is 0 Å². The van der Waals surface area contributed by atoms with Crippen LogP contribution in [0.2, 0.25) is 0 Å². The zero-order chi connectivity index (χ0) is 6.78. The van der Waals surface area contributed by atoms with Crippen molar-refractivity contribution >= 4 is 58.9 Å². The zero-order valence-electron chi connectivity index (χ0n) is 4.20. The summed E-state index contributed by atoms with van der Waals surface area (Å²) in [6.07, 6.45) is -1.36. The fraction of sp³-hybridized carbons (Fsp3) is 1.00. The molecular formula is C2H6S6. The summed E-state index contributed by atoms with van der Waals surface area (Å²) in [5, 5.41) is 0. The summed E-state index contributed by atoms with van der Waals surface area (Å²) in [4.78, 5) is 0. The van der Waals surface area contributed by atoms with Gasteiger partial charge in [0.15, 0.2) is 0 Å². The average molecular weight is 222 g/mol. The van der Waals surface area contributed by atoms with E-state index in [9.17, 15) is 0 Å². The van der Waals surface area contributed by atoms with E-state index in [4.69, 9.17) is 33.6 Å². The van der Waals surface area contributed by atoms with Crippen molar-refractivity contribution in [2.24, 2.45) is 0 Å². The van der Waals surface area contributed by atoms with Gasteiger partial charge in [-0.3, -0.25) is 0 Å². The number of hydrogen-bond donors (Lipinski definition) is 1. The third-order valence-corrected chi connectivity index (χ3v) is 15.3. The highest BCUT2D eigenvalue weighted by atomic mass is 33.8. The Bertz CT molecular complexity index is 173. The standard InChI is InChI=1S/C2H6S6/c1-2-8(5,6)7(3)4/h2H2,1H3,(H,3,4). The largest absolute Gasteiger partial charge is 0.0956 e. The molecule has 0 aromatic carbocycles. The van der Waals surface area contributed by atoms with E-state index in [0.717, 1.165) is 5.75 Å². The fourth-order valence-corrected chi connectivity index (χ4v) is 2.72. The normalized spacial score (nSPS) is 15.8. The van der Waals surface area contributed by atoms with Gasteiger partial charge in [-0.2, -0.15) is 0 Å². The molecule has 0 heterocycles. The van der Waals surface area contributed by atoms with Crippen molar-refractivity contribution in [3.63, 3.8) is 0 Å². The molecule has 0 radical (unpaired) electrons. The Labute approximate surface area is 71.0 Å². The second-order valence-corrected chi connectivity index (χ2v) is 15.4. The molecule has 0 saturated carbocycles. The summed E-state index contributed by atoms with van der Waals surface area (Å²) in [5.74, 6) is 0.827. The van der Waals surface area contributed by atoms with Crippen LogP contribution in [0.5, 0.6) is 0 Å². The van der Waals surface area contributed by atoms with Gasteiger partial charge in [0, 0.05) is 13.3 Å². The van der Waals surface area contributed by atoms with Gasteiger partial charge in [-0.15, -0.1) is 0 Å². The highest BCUT2D eigenvalue weighted by Crippen LogP contribution is 2.03. The molecule has 8 heavy (non-hydrogen) atoms. The minimum atomic E-state index is -1.36. The highest BCUT2D eigenvalue weighted by Gasteiger charge is 1.97. The SMILES string of the molecule is CCS(=S)(=S)S(=S)S. The van der Waals surface area contributed by atoms with Crippen molar-refractivity contribution < 1.29 is 0 Å². The molecule has 0 saturated heterocycles. The molecule has 0 N–H and O–H groups in total. The van der Waals surface area contributed by atoms with Crippen LogP contribution in [0.4, 0.5) is 0 Å². The molecule has 1 atom stereocenters. The molecule has 0 aliphatic rings. The molecule has 0 fully saturated rings. The third kappa shape index (κ3) is 3.03. The zero-order valence-corrected chi connectivity index (χ0v) is 9.17. The van der Waals surface area contributed by atoms with E-state index in [1.54, 1.807) is 0 Å². The van der Waals surface area contributed by atoms with Crippen LogP contribution < -0.4 is 0 Å². The summed E-state index contributed by atoms with van der Waals surface area (Å²) in [5.41, 5.74) is 0. The van der Waals surface area contributed by atoms with Gasteiger partial charge in [0.2, 0.25) is 0 Å². The Morgan fingerprint density at radius 3 is 2.00 bits per heavy atom. The Morgan fingerprint density at radius 1 is 1.62 bits per heavy atom. The van der Waals surface area contributed by atoms with Crippen LogP contribution in [0, 0.1) is 0 Å². The maximum absolute atomic E-state index is 5.00. The second kappa shape index (κ2) is 3.78. The molecule has 1 unspecified atom stereocenters. The van der Waals surface area contributed by atoms with Crippen LogP contribution in [0.15, 0.2) is 0 Å². The molecule has 0 spiro atoms. The summed E-state index contributed by atoms with van der Waals surface area (Å²) in [7, 11) is -0.435. The fourth-order valence-electron chi connectivity index (χ4n) is 0.101. The van der Waals surface area contributed by atoms with Crippen molar-refractivity contribution in [2.75, 3.05) is 5.75 Å². The molecule has 0 bridgehead atoms. The summed E-state index contributed by atoms with van der Waals surface area (Å²) < 4.78 is 0. The first-order valence-electron chi connectivity index (χ1n) is 1.85. The topological polar surface area (TPSA) is 0 Å². The van der Waals surface area contributed by atoms with E-state index in [1.807, 2.05) is 6.92 Å². The minimum absolute atomic E-state index is 0.435. The minimum Gasteiger partial charge on any atom is -0.0956 e.